The van der Waals surface area contributed by atoms with Crippen molar-refractivity contribution >= 4 is 5.91 Å². The number of amides is 1. The summed E-state index contributed by atoms with van der Waals surface area (Å²) in [6.07, 6.45) is 0. The Morgan fingerprint density at radius 2 is 2.07 bits per heavy atom. The van der Waals surface area contributed by atoms with Gasteiger partial charge in [-0.05, 0) is 38.0 Å². The number of nitrogens with zero attached hydrogens (tertiary/aromatic N) is 1. The second kappa shape index (κ2) is 4.22. The Hall–Kier alpha value is -1.38. The number of carbonyl (C=O) groups is 1. The third kappa shape index (κ3) is 2.55. The van der Waals surface area contributed by atoms with Crippen molar-refractivity contribution in [1.82, 2.24) is 10.3 Å². The van der Waals surface area contributed by atoms with E-state index in [4.69, 9.17) is 0 Å². The lowest BCUT2D eigenvalue weighted by molar-refractivity contribution is -0.119. The fourth-order valence-corrected chi connectivity index (χ4v) is 1.53. The van der Waals surface area contributed by atoms with Crippen LogP contribution in [0, 0.1) is 20.8 Å². The van der Waals surface area contributed by atoms with E-state index in [1.807, 2.05) is 26.8 Å². The van der Waals surface area contributed by atoms with Crippen LogP contribution in [0.1, 0.15) is 29.4 Å². The van der Waals surface area contributed by atoms with Crippen LogP contribution >= 0.6 is 0 Å². The van der Waals surface area contributed by atoms with Gasteiger partial charge in [-0.15, -0.1) is 0 Å². The van der Waals surface area contributed by atoms with E-state index < -0.39 is 0 Å². The molecule has 0 aliphatic carbocycles. The predicted molar refractivity (Wildman–Crippen MR) is 56.0 cm³/mol. The van der Waals surface area contributed by atoms with E-state index in [0.29, 0.717) is 6.54 Å². The summed E-state index contributed by atoms with van der Waals surface area (Å²) in [5.41, 5.74) is 4.32. The zero-order valence-corrected chi connectivity index (χ0v) is 9.14. The lowest BCUT2D eigenvalue weighted by Crippen LogP contribution is -2.20. The normalized spacial score (nSPS) is 10.0. The molecule has 0 spiro atoms. The van der Waals surface area contributed by atoms with E-state index in [0.717, 1.165) is 17.0 Å². The van der Waals surface area contributed by atoms with Crippen LogP contribution in [0.2, 0.25) is 0 Å². The number of aryl methyl sites for hydroxylation is 3. The fourth-order valence-electron chi connectivity index (χ4n) is 1.53. The highest BCUT2D eigenvalue weighted by atomic mass is 16.1. The smallest absolute Gasteiger partial charge is 0.217 e. The molecule has 1 aromatic rings. The lowest BCUT2D eigenvalue weighted by Gasteiger charge is -2.10. The molecular weight excluding hydrogens is 176 g/mol. The molecule has 1 heterocycles. The maximum absolute atomic E-state index is 10.8. The fraction of sp³-hybridized carbons (Fsp3) is 0.455. The molecular formula is C11H16N2O. The summed E-state index contributed by atoms with van der Waals surface area (Å²) in [7, 11) is 0. The Bertz CT molecular complexity index is 335. The maximum Gasteiger partial charge on any atom is 0.217 e. The van der Waals surface area contributed by atoms with Crippen molar-refractivity contribution in [3.8, 4) is 0 Å². The number of nitrogens with one attached hydrogen (secondary N) is 1. The van der Waals surface area contributed by atoms with Crippen LogP contribution in [0.3, 0.4) is 0 Å². The average molecular weight is 192 g/mol. The van der Waals surface area contributed by atoms with Gasteiger partial charge in [-0.1, -0.05) is 0 Å². The molecule has 14 heavy (non-hydrogen) atoms. The van der Waals surface area contributed by atoms with Crippen LogP contribution < -0.4 is 5.32 Å². The second-order valence-corrected chi connectivity index (χ2v) is 3.55. The minimum Gasteiger partial charge on any atom is -0.352 e. The highest BCUT2D eigenvalue weighted by Gasteiger charge is 2.05. The van der Waals surface area contributed by atoms with Gasteiger partial charge in [-0.25, -0.2) is 0 Å². The Kier molecular flexibility index (Phi) is 3.23. The van der Waals surface area contributed by atoms with E-state index in [1.54, 1.807) is 0 Å². The Labute approximate surface area is 84.6 Å². The molecule has 3 nitrogen and oxygen atoms in total. The molecule has 0 aromatic carbocycles. The van der Waals surface area contributed by atoms with Crippen LogP contribution in [-0.2, 0) is 11.3 Å². The summed E-state index contributed by atoms with van der Waals surface area (Å²) in [5, 5.41) is 2.78. The minimum absolute atomic E-state index is 0.00984. The van der Waals surface area contributed by atoms with E-state index in [2.05, 4.69) is 10.3 Å². The second-order valence-electron chi connectivity index (χ2n) is 3.55. The molecule has 0 radical (unpaired) electrons. The monoisotopic (exact) mass is 192 g/mol. The summed E-state index contributed by atoms with van der Waals surface area (Å²) in [4.78, 5) is 15.1. The molecule has 0 saturated carbocycles. The molecule has 1 amide bonds. The Balaban J connectivity index is 2.91. The zero-order chi connectivity index (χ0) is 10.7. The van der Waals surface area contributed by atoms with Crippen LogP contribution in [0.4, 0.5) is 0 Å². The number of pyridine rings is 1. The van der Waals surface area contributed by atoms with Crippen LogP contribution in [0.15, 0.2) is 6.07 Å². The molecule has 0 fully saturated rings. The molecule has 0 aliphatic rings. The molecule has 0 aliphatic heterocycles. The summed E-state index contributed by atoms with van der Waals surface area (Å²) in [5.74, 6) is -0.00984. The van der Waals surface area contributed by atoms with E-state index in [9.17, 15) is 4.79 Å². The number of aromatic nitrogens is 1. The third-order valence-electron chi connectivity index (χ3n) is 2.20. The predicted octanol–water partition coefficient (Wildman–Crippen LogP) is 1.64. The van der Waals surface area contributed by atoms with Gasteiger partial charge in [-0.3, -0.25) is 9.78 Å². The number of hydrogen-bond donors (Lipinski definition) is 1. The van der Waals surface area contributed by atoms with Gasteiger partial charge in [0.1, 0.15) is 0 Å². The van der Waals surface area contributed by atoms with Crippen LogP contribution in [-0.4, -0.2) is 10.9 Å². The van der Waals surface area contributed by atoms with Gasteiger partial charge >= 0.3 is 0 Å². The van der Waals surface area contributed by atoms with Crippen molar-refractivity contribution < 1.29 is 4.79 Å². The van der Waals surface area contributed by atoms with Crippen molar-refractivity contribution in [2.75, 3.05) is 0 Å². The quantitative estimate of drug-likeness (QED) is 0.774. The molecule has 1 rings (SSSR count). The van der Waals surface area contributed by atoms with Crippen molar-refractivity contribution in [3.63, 3.8) is 0 Å². The Morgan fingerprint density at radius 1 is 1.43 bits per heavy atom. The summed E-state index contributed by atoms with van der Waals surface area (Å²) >= 11 is 0. The van der Waals surface area contributed by atoms with Gasteiger partial charge in [0.15, 0.2) is 0 Å². The van der Waals surface area contributed by atoms with Gasteiger partial charge < -0.3 is 5.32 Å². The molecule has 0 unspecified atom stereocenters. The largest absolute Gasteiger partial charge is 0.352 e. The van der Waals surface area contributed by atoms with Gasteiger partial charge in [0.25, 0.3) is 0 Å². The number of hydrogen-bond acceptors (Lipinski definition) is 2. The van der Waals surface area contributed by atoms with E-state index >= 15 is 0 Å². The van der Waals surface area contributed by atoms with Gasteiger partial charge in [0.05, 0.1) is 0 Å². The van der Waals surface area contributed by atoms with Gasteiger partial charge in [0.2, 0.25) is 5.91 Å². The highest BCUT2D eigenvalue weighted by Crippen LogP contribution is 2.12. The molecule has 0 atom stereocenters. The summed E-state index contributed by atoms with van der Waals surface area (Å²) in [6, 6.07) is 2.03. The molecule has 1 aromatic heterocycles. The highest BCUT2D eigenvalue weighted by molar-refractivity contribution is 5.72. The SMILES string of the molecule is CC(=O)NCc1c(C)cc(C)nc1C. The maximum atomic E-state index is 10.8. The van der Waals surface area contributed by atoms with Crippen molar-refractivity contribution in [1.29, 1.82) is 0 Å². The first-order chi connectivity index (χ1) is 6.50. The third-order valence-corrected chi connectivity index (χ3v) is 2.20. The Morgan fingerprint density at radius 3 is 2.57 bits per heavy atom. The first-order valence-corrected chi connectivity index (χ1v) is 4.69. The topological polar surface area (TPSA) is 42.0 Å². The summed E-state index contributed by atoms with van der Waals surface area (Å²) in [6.45, 7) is 8.07. The summed E-state index contributed by atoms with van der Waals surface area (Å²) < 4.78 is 0. The first-order valence-electron chi connectivity index (χ1n) is 4.69. The van der Waals surface area contributed by atoms with Gasteiger partial charge in [-0.2, -0.15) is 0 Å². The molecule has 0 saturated heterocycles. The minimum atomic E-state index is -0.00984. The van der Waals surface area contributed by atoms with Gasteiger partial charge in [0, 0.05) is 24.9 Å². The molecule has 1 N–H and O–H groups in total. The average Bonchev–Trinajstić information content (AvgIpc) is 2.01. The standard InChI is InChI=1S/C11H16N2O/c1-7-5-8(2)13-9(3)11(7)6-12-10(4)14/h5H,6H2,1-4H3,(H,12,14). The molecule has 3 heteroatoms. The van der Waals surface area contributed by atoms with Crippen molar-refractivity contribution in [2.45, 2.75) is 34.2 Å². The van der Waals surface area contributed by atoms with E-state index in [-0.39, 0.29) is 5.91 Å². The van der Waals surface area contributed by atoms with Crippen molar-refractivity contribution in [2.24, 2.45) is 0 Å². The van der Waals surface area contributed by atoms with Crippen molar-refractivity contribution in [3.05, 3.63) is 28.6 Å². The van der Waals surface area contributed by atoms with E-state index in [1.165, 1.54) is 12.5 Å². The molecule has 76 valence electrons. The van der Waals surface area contributed by atoms with Crippen LogP contribution in [0.5, 0.6) is 0 Å². The first kappa shape index (κ1) is 10.7. The number of carbonyl (C=O) groups excluding carboxylic acids is 1. The van der Waals surface area contributed by atoms with Crippen LogP contribution in [0.25, 0.3) is 0 Å². The zero-order valence-electron chi connectivity index (χ0n) is 9.14. The lowest BCUT2D eigenvalue weighted by atomic mass is 10.1. The number of rotatable bonds is 2. The molecule has 0 bridgehead atoms.